The number of nitrogens with one attached hydrogen (secondary N) is 3. The minimum Gasteiger partial charge on any atom is -0.481 e. The highest BCUT2D eigenvalue weighted by atomic mass is 16.4. The van der Waals surface area contributed by atoms with Crippen LogP contribution in [0, 0.1) is 0 Å². The molecule has 10 nitrogen and oxygen atoms in total. The van der Waals surface area contributed by atoms with Gasteiger partial charge in [-0.05, 0) is 12.8 Å². The minimum atomic E-state index is -1.34. The highest BCUT2D eigenvalue weighted by molar-refractivity contribution is 5.74. The Morgan fingerprint density at radius 1 is 0.875 bits per heavy atom. The molecule has 10 heteroatoms. The highest BCUT2D eigenvalue weighted by Gasteiger charge is 2.42. The Morgan fingerprint density at radius 3 is 2.04 bits per heavy atom. The molecule has 0 saturated carbocycles. The SMILES string of the molecule is O=C(O)CN1NNNCCCCCCCC1(CC(=O)O)CC(=O)O. The van der Waals surface area contributed by atoms with E-state index < -0.39 is 42.8 Å². The third kappa shape index (κ3) is 7.21. The molecule has 0 aliphatic carbocycles. The van der Waals surface area contributed by atoms with Crippen molar-refractivity contribution in [1.29, 1.82) is 0 Å². The molecule has 24 heavy (non-hydrogen) atoms. The van der Waals surface area contributed by atoms with Gasteiger partial charge >= 0.3 is 17.9 Å². The monoisotopic (exact) mass is 346 g/mol. The summed E-state index contributed by atoms with van der Waals surface area (Å²) in [6.45, 7) is 0.119. The van der Waals surface area contributed by atoms with E-state index >= 15 is 0 Å². The molecule has 1 aliphatic rings. The van der Waals surface area contributed by atoms with Crippen molar-refractivity contribution in [1.82, 2.24) is 21.5 Å². The molecule has 1 saturated heterocycles. The molecule has 0 spiro atoms. The fourth-order valence-electron chi connectivity index (χ4n) is 2.96. The van der Waals surface area contributed by atoms with Crippen molar-refractivity contribution in [3.8, 4) is 0 Å². The number of carboxylic acid groups (broad SMARTS) is 3. The van der Waals surface area contributed by atoms with Gasteiger partial charge in [0.25, 0.3) is 0 Å². The number of hydrogen-bond acceptors (Lipinski definition) is 7. The van der Waals surface area contributed by atoms with E-state index in [4.69, 9.17) is 5.11 Å². The first kappa shape index (κ1) is 20.3. The molecule has 1 fully saturated rings. The standard InChI is InChI=1S/C14H26N4O6/c19-11(20)8-14(9-12(21)22)6-4-2-1-3-5-7-15-16-17-18(14)10-13(23)24/h15-17H,1-10H2,(H,19,20)(H,21,22)(H,23,24). The largest absolute Gasteiger partial charge is 0.481 e. The van der Waals surface area contributed by atoms with Crippen LogP contribution in [-0.4, -0.2) is 56.9 Å². The summed E-state index contributed by atoms with van der Waals surface area (Å²) in [4.78, 5) is 33.8. The molecular weight excluding hydrogens is 320 g/mol. The van der Waals surface area contributed by atoms with Crippen molar-refractivity contribution < 1.29 is 29.7 Å². The van der Waals surface area contributed by atoms with Gasteiger partial charge in [0.1, 0.15) is 6.54 Å². The maximum absolute atomic E-state index is 11.3. The molecule has 0 bridgehead atoms. The second-order valence-electron chi connectivity index (χ2n) is 6.03. The van der Waals surface area contributed by atoms with Crippen molar-refractivity contribution >= 4 is 17.9 Å². The molecule has 0 aromatic heterocycles. The zero-order valence-corrected chi connectivity index (χ0v) is 13.6. The summed E-state index contributed by atoms with van der Waals surface area (Å²) in [7, 11) is 0. The first-order valence-electron chi connectivity index (χ1n) is 8.02. The summed E-state index contributed by atoms with van der Waals surface area (Å²) in [6, 6.07) is 0. The van der Waals surface area contributed by atoms with Gasteiger partial charge in [-0.3, -0.25) is 14.4 Å². The summed E-state index contributed by atoms with van der Waals surface area (Å²) in [5.41, 5.74) is 6.79. The minimum absolute atomic E-state index is 0.271. The summed E-state index contributed by atoms with van der Waals surface area (Å²) in [5.74, 6) is -3.53. The van der Waals surface area contributed by atoms with E-state index in [-0.39, 0.29) is 6.42 Å². The van der Waals surface area contributed by atoms with Crippen LogP contribution in [0.2, 0.25) is 0 Å². The molecule has 0 aromatic carbocycles. The molecule has 1 aliphatic heterocycles. The van der Waals surface area contributed by atoms with Gasteiger partial charge in [-0.25, -0.2) is 10.4 Å². The lowest BCUT2D eigenvalue weighted by Gasteiger charge is -2.41. The number of aliphatic carboxylic acids is 3. The Hall–Kier alpha value is -1.75. The van der Waals surface area contributed by atoms with E-state index in [2.05, 4.69) is 16.5 Å². The van der Waals surface area contributed by atoms with Crippen LogP contribution in [0.3, 0.4) is 0 Å². The Kier molecular flexibility index (Phi) is 8.61. The molecule has 0 unspecified atom stereocenters. The Bertz CT molecular complexity index is 429. The van der Waals surface area contributed by atoms with E-state index in [0.717, 1.165) is 25.7 Å². The Morgan fingerprint density at radius 2 is 1.46 bits per heavy atom. The van der Waals surface area contributed by atoms with Gasteiger partial charge in [0.2, 0.25) is 0 Å². The van der Waals surface area contributed by atoms with Crippen LogP contribution in [-0.2, 0) is 14.4 Å². The lowest BCUT2D eigenvalue weighted by Crippen LogP contribution is -2.64. The molecule has 138 valence electrons. The maximum atomic E-state index is 11.3. The van der Waals surface area contributed by atoms with Crippen LogP contribution >= 0.6 is 0 Å². The molecule has 1 rings (SSSR count). The van der Waals surface area contributed by atoms with Crippen LogP contribution in [0.25, 0.3) is 0 Å². The van der Waals surface area contributed by atoms with Crippen molar-refractivity contribution in [3.63, 3.8) is 0 Å². The van der Waals surface area contributed by atoms with E-state index in [1.165, 1.54) is 5.01 Å². The maximum Gasteiger partial charge on any atom is 0.319 e. The number of nitrogens with zero attached hydrogens (tertiary/aromatic N) is 1. The van der Waals surface area contributed by atoms with Crippen molar-refractivity contribution in [3.05, 3.63) is 0 Å². The molecule has 0 amide bonds. The molecule has 0 atom stereocenters. The van der Waals surface area contributed by atoms with Crippen LogP contribution in [0.5, 0.6) is 0 Å². The third-order valence-electron chi connectivity index (χ3n) is 4.05. The number of carboxylic acids is 3. The van der Waals surface area contributed by atoms with Crippen LogP contribution < -0.4 is 16.5 Å². The third-order valence-corrected chi connectivity index (χ3v) is 4.05. The predicted octanol–water partition coefficient (Wildman–Crippen LogP) is -0.0708. The van der Waals surface area contributed by atoms with Crippen LogP contribution in [0.4, 0.5) is 0 Å². The molecular formula is C14H26N4O6. The Balaban J connectivity index is 3.09. The lowest BCUT2D eigenvalue weighted by atomic mass is 9.84. The van der Waals surface area contributed by atoms with Crippen molar-refractivity contribution in [2.24, 2.45) is 0 Å². The number of hydrazine groups is 3. The number of hydrogen-bond donors (Lipinski definition) is 6. The van der Waals surface area contributed by atoms with Crippen LogP contribution in [0.15, 0.2) is 0 Å². The average molecular weight is 346 g/mol. The Labute approximate surface area is 140 Å². The lowest BCUT2D eigenvalue weighted by molar-refractivity contribution is -0.154. The second kappa shape index (κ2) is 10.2. The second-order valence-corrected chi connectivity index (χ2v) is 6.03. The predicted molar refractivity (Wildman–Crippen MR) is 83.6 cm³/mol. The van der Waals surface area contributed by atoms with E-state index in [1.807, 2.05) is 0 Å². The zero-order valence-electron chi connectivity index (χ0n) is 13.6. The van der Waals surface area contributed by atoms with Gasteiger partial charge in [0.05, 0.1) is 18.4 Å². The fourth-order valence-corrected chi connectivity index (χ4v) is 2.96. The summed E-state index contributed by atoms with van der Waals surface area (Å²) >= 11 is 0. The zero-order chi connectivity index (χ0) is 18.0. The summed E-state index contributed by atoms with van der Waals surface area (Å²) in [6.07, 6.45) is 3.73. The number of carbonyl (C=O) groups is 3. The van der Waals surface area contributed by atoms with E-state index in [0.29, 0.717) is 13.0 Å². The van der Waals surface area contributed by atoms with E-state index in [9.17, 15) is 24.6 Å². The smallest absolute Gasteiger partial charge is 0.319 e. The number of rotatable bonds is 6. The normalized spacial score (nSPS) is 20.5. The topological polar surface area (TPSA) is 151 Å². The fraction of sp³-hybridized carbons (Fsp3) is 0.786. The van der Waals surface area contributed by atoms with E-state index in [1.54, 1.807) is 0 Å². The van der Waals surface area contributed by atoms with Gasteiger partial charge in [-0.1, -0.05) is 25.7 Å². The molecule has 0 radical (unpaired) electrons. The van der Waals surface area contributed by atoms with Gasteiger partial charge in [0, 0.05) is 6.54 Å². The molecule has 6 N–H and O–H groups in total. The van der Waals surface area contributed by atoms with Gasteiger partial charge in [-0.15, -0.1) is 0 Å². The van der Waals surface area contributed by atoms with Gasteiger partial charge in [0.15, 0.2) is 0 Å². The summed E-state index contributed by atoms with van der Waals surface area (Å²) in [5, 5.41) is 28.8. The quantitative estimate of drug-likeness (QED) is 0.385. The average Bonchev–Trinajstić information content (AvgIpc) is 2.44. The van der Waals surface area contributed by atoms with Crippen molar-refractivity contribution in [2.45, 2.75) is 56.9 Å². The first-order chi connectivity index (χ1) is 11.4. The molecule has 0 aromatic rings. The van der Waals surface area contributed by atoms with Crippen molar-refractivity contribution in [2.75, 3.05) is 13.1 Å². The van der Waals surface area contributed by atoms with Crippen LogP contribution in [0.1, 0.15) is 51.4 Å². The highest BCUT2D eigenvalue weighted by Crippen LogP contribution is 2.30. The van der Waals surface area contributed by atoms with Gasteiger partial charge in [-0.2, -0.15) is 11.1 Å². The summed E-state index contributed by atoms with van der Waals surface area (Å²) < 4.78 is 0. The molecule has 1 heterocycles. The van der Waals surface area contributed by atoms with Gasteiger partial charge < -0.3 is 15.3 Å². The first-order valence-corrected chi connectivity index (χ1v) is 8.02.